The molecule has 0 saturated heterocycles. The highest BCUT2D eigenvalue weighted by molar-refractivity contribution is 6.04. The first-order chi connectivity index (χ1) is 14.1. The number of carbonyl (C=O) groups is 2. The van der Waals surface area contributed by atoms with Gasteiger partial charge in [-0.3, -0.25) is 14.6 Å². The number of benzene rings is 2. The molecule has 3 aromatic rings. The number of carbonyl (C=O) groups excluding carboxylic acids is 2. The first-order valence-electron chi connectivity index (χ1n) is 9.21. The second kappa shape index (κ2) is 9.29. The Labute approximate surface area is 169 Å². The third-order valence-corrected chi connectivity index (χ3v) is 4.40. The van der Waals surface area contributed by atoms with Crippen molar-refractivity contribution < 1.29 is 9.59 Å². The Hall–Kier alpha value is -3.98. The molecule has 6 heteroatoms. The molecule has 0 spiro atoms. The van der Waals surface area contributed by atoms with Crippen LogP contribution >= 0.6 is 0 Å². The molecular formula is C23H20N4O2. The molecule has 0 saturated carbocycles. The molecule has 0 aliphatic rings. The van der Waals surface area contributed by atoms with Crippen molar-refractivity contribution in [1.82, 2.24) is 9.88 Å². The van der Waals surface area contributed by atoms with Crippen LogP contribution in [0.3, 0.4) is 0 Å². The van der Waals surface area contributed by atoms with Gasteiger partial charge in [-0.15, -0.1) is 0 Å². The Morgan fingerprint density at radius 3 is 2.45 bits per heavy atom. The number of hydrogen-bond donors (Lipinski definition) is 1. The Morgan fingerprint density at radius 1 is 1.07 bits per heavy atom. The van der Waals surface area contributed by atoms with Crippen LogP contribution in [0.25, 0.3) is 0 Å². The van der Waals surface area contributed by atoms with Gasteiger partial charge in [0.15, 0.2) is 0 Å². The monoisotopic (exact) mass is 384 g/mol. The SMILES string of the molecule is CCN(Cc1ccccc1)C(=O)c1ccnc(C(=O)Nc2ccc(C#N)cc2)c1. The summed E-state index contributed by atoms with van der Waals surface area (Å²) in [5.74, 6) is -0.582. The smallest absolute Gasteiger partial charge is 0.274 e. The lowest BCUT2D eigenvalue weighted by Crippen LogP contribution is -2.30. The third kappa shape index (κ3) is 5.05. The largest absolute Gasteiger partial charge is 0.335 e. The minimum atomic E-state index is -0.421. The van der Waals surface area contributed by atoms with E-state index in [1.165, 1.54) is 12.3 Å². The molecule has 1 aromatic heterocycles. The molecule has 144 valence electrons. The van der Waals surface area contributed by atoms with Crippen LogP contribution in [0.15, 0.2) is 72.9 Å². The molecule has 1 heterocycles. The number of aromatic nitrogens is 1. The topological polar surface area (TPSA) is 86.1 Å². The van der Waals surface area contributed by atoms with Crippen molar-refractivity contribution in [2.24, 2.45) is 0 Å². The fourth-order valence-corrected chi connectivity index (χ4v) is 2.82. The maximum atomic E-state index is 12.9. The van der Waals surface area contributed by atoms with E-state index in [-0.39, 0.29) is 11.6 Å². The zero-order chi connectivity index (χ0) is 20.6. The molecule has 6 nitrogen and oxygen atoms in total. The number of nitrogens with zero attached hydrogens (tertiary/aromatic N) is 3. The highest BCUT2D eigenvalue weighted by atomic mass is 16.2. The van der Waals surface area contributed by atoms with Gasteiger partial charge in [0.05, 0.1) is 11.6 Å². The van der Waals surface area contributed by atoms with Gasteiger partial charge in [0.25, 0.3) is 11.8 Å². The van der Waals surface area contributed by atoms with Crippen LogP contribution in [-0.4, -0.2) is 28.2 Å². The van der Waals surface area contributed by atoms with E-state index >= 15 is 0 Å². The van der Waals surface area contributed by atoms with Crippen molar-refractivity contribution in [2.75, 3.05) is 11.9 Å². The maximum absolute atomic E-state index is 12.9. The number of hydrogen-bond acceptors (Lipinski definition) is 4. The lowest BCUT2D eigenvalue weighted by Gasteiger charge is -2.21. The summed E-state index contributed by atoms with van der Waals surface area (Å²) in [5.41, 5.74) is 2.65. The van der Waals surface area contributed by atoms with E-state index in [1.807, 2.05) is 43.3 Å². The molecule has 0 aliphatic heterocycles. The van der Waals surface area contributed by atoms with Crippen LogP contribution in [0.5, 0.6) is 0 Å². The Morgan fingerprint density at radius 2 is 1.79 bits per heavy atom. The third-order valence-electron chi connectivity index (χ3n) is 4.40. The van der Waals surface area contributed by atoms with Gasteiger partial charge in [0.2, 0.25) is 0 Å². The van der Waals surface area contributed by atoms with Crippen LogP contribution in [0.4, 0.5) is 5.69 Å². The minimum absolute atomic E-state index is 0.149. The molecule has 2 aromatic carbocycles. The molecule has 2 amide bonds. The van der Waals surface area contributed by atoms with Crippen molar-refractivity contribution >= 4 is 17.5 Å². The van der Waals surface area contributed by atoms with Crippen molar-refractivity contribution in [3.63, 3.8) is 0 Å². The summed E-state index contributed by atoms with van der Waals surface area (Å²) in [5, 5.41) is 11.6. The zero-order valence-corrected chi connectivity index (χ0v) is 16.0. The van der Waals surface area contributed by atoms with Crippen molar-refractivity contribution in [1.29, 1.82) is 5.26 Å². The predicted molar refractivity (Wildman–Crippen MR) is 110 cm³/mol. The van der Waals surface area contributed by atoms with E-state index in [2.05, 4.69) is 10.3 Å². The lowest BCUT2D eigenvalue weighted by molar-refractivity contribution is 0.0752. The van der Waals surface area contributed by atoms with E-state index in [1.54, 1.807) is 35.2 Å². The van der Waals surface area contributed by atoms with Gasteiger partial charge in [-0.25, -0.2) is 0 Å². The van der Waals surface area contributed by atoms with Gasteiger partial charge in [-0.05, 0) is 48.9 Å². The Bertz CT molecular complexity index is 1040. The molecule has 3 rings (SSSR count). The van der Waals surface area contributed by atoms with E-state index in [4.69, 9.17) is 5.26 Å². The fraction of sp³-hybridized carbons (Fsp3) is 0.130. The first-order valence-corrected chi connectivity index (χ1v) is 9.21. The predicted octanol–water partition coefficient (Wildman–Crippen LogP) is 3.87. The second-order valence-corrected chi connectivity index (χ2v) is 6.38. The quantitative estimate of drug-likeness (QED) is 0.699. The van der Waals surface area contributed by atoms with Gasteiger partial charge < -0.3 is 10.2 Å². The number of nitriles is 1. The standard InChI is InChI=1S/C23H20N4O2/c1-2-27(16-18-6-4-3-5-7-18)23(29)19-12-13-25-21(14-19)22(28)26-20-10-8-17(15-24)9-11-20/h3-14H,2,16H2,1H3,(H,26,28). The molecule has 29 heavy (non-hydrogen) atoms. The molecule has 1 N–H and O–H groups in total. The molecule has 0 radical (unpaired) electrons. The van der Waals surface area contributed by atoms with Crippen molar-refractivity contribution in [3.05, 3.63) is 95.3 Å². The summed E-state index contributed by atoms with van der Waals surface area (Å²) in [6, 6.07) is 21.4. The molecular weight excluding hydrogens is 364 g/mol. The molecule has 0 fully saturated rings. The Balaban J connectivity index is 1.74. The zero-order valence-electron chi connectivity index (χ0n) is 16.0. The molecule has 0 aliphatic carbocycles. The van der Waals surface area contributed by atoms with Gasteiger partial charge in [-0.1, -0.05) is 30.3 Å². The van der Waals surface area contributed by atoms with Crippen molar-refractivity contribution in [3.8, 4) is 6.07 Å². The van der Waals surface area contributed by atoms with Gasteiger partial charge in [-0.2, -0.15) is 5.26 Å². The van der Waals surface area contributed by atoms with E-state index in [0.29, 0.717) is 29.9 Å². The van der Waals surface area contributed by atoms with Gasteiger partial charge >= 0.3 is 0 Å². The van der Waals surface area contributed by atoms with Crippen LogP contribution in [0.2, 0.25) is 0 Å². The number of pyridine rings is 1. The summed E-state index contributed by atoms with van der Waals surface area (Å²) in [6.07, 6.45) is 1.46. The van der Waals surface area contributed by atoms with Crippen LogP contribution in [0, 0.1) is 11.3 Å². The number of rotatable bonds is 6. The number of nitrogens with one attached hydrogen (secondary N) is 1. The summed E-state index contributed by atoms with van der Waals surface area (Å²) in [4.78, 5) is 31.2. The summed E-state index contributed by atoms with van der Waals surface area (Å²) in [7, 11) is 0. The van der Waals surface area contributed by atoms with E-state index in [9.17, 15) is 9.59 Å². The van der Waals surface area contributed by atoms with Crippen LogP contribution in [-0.2, 0) is 6.54 Å². The first kappa shape index (κ1) is 19.8. The molecule has 0 unspecified atom stereocenters. The van der Waals surface area contributed by atoms with Gasteiger partial charge in [0, 0.05) is 30.5 Å². The maximum Gasteiger partial charge on any atom is 0.274 e. The van der Waals surface area contributed by atoms with E-state index < -0.39 is 5.91 Å². The normalized spacial score (nSPS) is 10.1. The summed E-state index contributed by atoms with van der Waals surface area (Å²) >= 11 is 0. The summed E-state index contributed by atoms with van der Waals surface area (Å²) in [6.45, 7) is 2.95. The number of anilines is 1. The number of amides is 2. The highest BCUT2D eigenvalue weighted by Crippen LogP contribution is 2.13. The average Bonchev–Trinajstić information content (AvgIpc) is 2.78. The highest BCUT2D eigenvalue weighted by Gasteiger charge is 2.17. The molecule has 0 bridgehead atoms. The minimum Gasteiger partial charge on any atom is -0.335 e. The van der Waals surface area contributed by atoms with Gasteiger partial charge in [0.1, 0.15) is 5.69 Å². The average molecular weight is 384 g/mol. The fourth-order valence-electron chi connectivity index (χ4n) is 2.82. The lowest BCUT2D eigenvalue weighted by atomic mass is 10.1. The summed E-state index contributed by atoms with van der Waals surface area (Å²) < 4.78 is 0. The van der Waals surface area contributed by atoms with E-state index in [0.717, 1.165) is 5.56 Å². The van der Waals surface area contributed by atoms with Crippen LogP contribution < -0.4 is 5.32 Å². The second-order valence-electron chi connectivity index (χ2n) is 6.38. The van der Waals surface area contributed by atoms with Crippen molar-refractivity contribution in [2.45, 2.75) is 13.5 Å². The Kier molecular flexibility index (Phi) is 6.33. The molecule has 0 atom stereocenters. The van der Waals surface area contributed by atoms with Crippen LogP contribution in [0.1, 0.15) is 38.9 Å².